The summed E-state index contributed by atoms with van der Waals surface area (Å²) in [6.07, 6.45) is 1.80. The highest BCUT2D eigenvalue weighted by Crippen LogP contribution is 2.18. The molecule has 1 aromatic heterocycles. The first-order valence-electron chi connectivity index (χ1n) is 7.11. The molecule has 0 unspecified atom stereocenters. The molecule has 0 saturated carbocycles. The molecule has 0 aromatic carbocycles. The summed E-state index contributed by atoms with van der Waals surface area (Å²) in [5, 5.41) is 3.27. The second kappa shape index (κ2) is 6.39. The summed E-state index contributed by atoms with van der Waals surface area (Å²) < 4.78 is 23.0. The maximum Gasteiger partial charge on any atom is 0.153 e. The Kier molecular flexibility index (Phi) is 4.80. The van der Waals surface area contributed by atoms with E-state index in [2.05, 4.69) is 22.2 Å². The number of aromatic nitrogens is 2. The summed E-state index contributed by atoms with van der Waals surface area (Å²) in [6.45, 7) is 6.01. The first kappa shape index (κ1) is 15.0. The molecule has 1 N–H and O–H groups in total. The van der Waals surface area contributed by atoms with Crippen LogP contribution in [0.25, 0.3) is 0 Å². The minimum absolute atomic E-state index is 0.205. The van der Waals surface area contributed by atoms with Crippen molar-refractivity contribution in [3.8, 4) is 0 Å². The molecule has 0 aliphatic carbocycles. The molecule has 1 aliphatic rings. The number of anilines is 2. The Balaban J connectivity index is 2.18. The van der Waals surface area contributed by atoms with Gasteiger partial charge in [-0.2, -0.15) is 0 Å². The third-order valence-corrected chi connectivity index (χ3v) is 4.91. The lowest BCUT2D eigenvalue weighted by atomic mass is 10.3. The molecule has 0 bridgehead atoms. The predicted octanol–water partition coefficient (Wildman–Crippen LogP) is 1.10. The maximum atomic E-state index is 11.5. The Bertz CT molecular complexity index is 545. The van der Waals surface area contributed by atoms with Gasteiger partial charge in [-0.3, -0.25) is 0 Å². The van der Waals surface area contributed by atoms with Gasteiger partial charge in [0.25, 0.3) is 0 Å². The SMILES string of the molecule is CCCNc1cc(N2CCS(=O)(=O)CC2)nc(CC)n1. The zero-order valence-electron chi connectivity index (χ0n) is 12.1. The Labute approximate surface area is 120 Å². The molecule has 20 heavy (non-hydrogen) atoms. The van der Waals surface area contributed by atoms with Crippen LogP contribution < -0.4 is 10.2 Å². The Morgan fingerprint density at radius 3 is 2.55 bits per heavy atom. The van der Waals surface area contributed by atoms with Crippen LogP contribution in [-0.4, -0.2) is 49.5 Å². The first-order chi connectivity index (χ1) is 9.54. The fourth-order valence-electron chi connectivity index (χ4n) is 2.09. The van der Waals surface area contributed by atoms with Gasteiger partial charge >= 0.3 is 0 Å². The topological polar surface area (TPSA) is 75.2 Å². The molecule has 0 spiro atoms. The molecule has 0 atom stereocenters. The van der Waals surface area contributed by atoms with Crippen LogP contribution in [0.4, 0.5) is 11.6 Å². The molecule has 2 rings (SSSR count). The van der Waals surface area contributed by atoms with E-state index in [-0.39, 0.29) is 11.5 Å². The summed E-state index contributed by atoms with van der Waals surface area (Å²) in [6, 6.07) is 1.91. The third kappa shape index (κ3) is 3.82. The fraction of sp³-hybridized carbons (Fsp3) is 0.692. The van der Waals surface area contributed by atoms with Crippen molar-refractivity contribution in [1.29, 1.82) is 0 Å². The van der Waals surface area contributed by atoms with Crippen LogP contribution in [0.5, 0.6) is 0 Å². The normalized spacial score (nSPS) is 18.0. The molecule has 0 amide bonds. The molecule has 1 fully saturated rings. The summed E-state index contributed by atoms with van der Waals surface area (Å²) >= 11 is 0. The largest absolute Gasteiger partial charge is 0.370 e. The van der Waals surface area contributed by atoms with Gasteiger partial charge in [-0.1, -0.05) is 13.8 Å². The summed E-state index contributed by atoms with van der Waals surface area (Å²) in [5.74, 6) is 2.84. The van der Waals surface area contributed by atoms with E-state index < -0.39 is 9.84 Å². The van der Waals surface area contributed by atoms with Crippen LogP contribution in [0.15, 0.2) is 6.07 Å². The van der Waals surface area contributed by atoms with Crippen molar-refractivity contribution in [2.45, 2.75) is 26.7 Å². The van der Waals surface area contributed by atoms with Gasteiger partial charge in [0.1, 0.15) is 17.5 Å². The Morgan fingerprint density at radius 1 is 1.25 bits per heavy atom. The van der Waals surface area contributed by atoms with Crippen molar-refractivity contribution >= 4 is 21.5 Å². The predicted molar refractivity (Wildman–Crippen MR) is 81.1 cm³/mol. The van der Waals surface area contributed by atoms with Crippen molar-refractivity contribution in [2.24, 2.45) is 0 Å². The van der Waals surface area contributed by atoms with E-state index >= 15 is 0 Å². The van der Waals surface area contributed by atoms with E-state index in [1.165, 1.54) is 0 Å². The molecule has 112 valence electrons. The number of hydrogen-bond donors (Lipinski definition) is 1. The molecule has 1 aliphatic heterocycles. The van der Waals surface area contributed by atoms with Gasteiger partial charge in [0, 0.05) is 32.1 Å². The second-order valence-electron chi connectivity index (χ2n) is 4.95. The van der Waals surface area contributed by atoms with Crippen LogP contribution in [-0.2, 0) is 16.3 Å². The zero-order valence-corrected chi connectivity index (χ0v) is 12.9. The third-order valence-electron chi connectivity index (χ3n) is 3.30. The molecule has 0 radical (unpaired) electrons. The lowest BCUT2D eigenvalue weighted by Crippen LogP contribution is -2.40. The number of sulfone groups is 1. The first-order valence-corrected chi connectivity index (χ1v) is 8.93. The van der Waals surface area contributed by atoms with Crippen molar-refractivity contribution in [3.63, 3.8) is 0 Å². The molecule has 6 nitrogen and oxygen atoms in total. The molecular weight excluding hydrogens is 276 g/mol. The molecule has 7 heteroatoms. The second-order valence-corrected chi connectivity index (χ2v) is 7.25. The standard InChI is InChI=1S/C13H22N4O2S/c1-3-5-14-12-10-13(16-11(4-2)15-12)17-6-8-20(18,19)9-7-17/h10H,3-9H2,1-2H3,(H,14,15,16). The van der Waals surface area contributed by atoms with Crippen LogP contribution in [0.1, 0.15) is 26.1 Å². The smallest absolute Gasteiger partial charge is 0.153 e. The van der Waals surface area contributed by atoms with Gasteiger partial charge in [-0.05, 0) is 6.42 Å². The maximum absolute atomic E-state index is 11.5. The van der Waals surface area contributed by atoms with Gasteiger partial charge in [-0.25, -0.2) is 18.4 Å². The summed E-state index contributed by atoms with van der Waals surface area (Å²) in [4.78, 5) is 11.0. The average Bonchev–Trinajstić information content (AvgIpc) is 2.44. The van der Waals surface area contributed by atoms with Gasteiger partial charge in [0.05, 0.1) is 11.5 Å². The lowest BCUT2D eigenvalue weighted by Gasteiger charge is -2.28. The van der Waals surface area contributed by atoms with Crippen LogP contribution in [0.3, 0.4) is 0 Å². The Morgan fingerprint density at radius 2 is 1.95 bits per heavy atom. The minimum atomic E-state index is -2.86. The summed E-state index contributed by atoms with van der Waals surface area (Å²) in [7, 11) is -2.86. The Hall–Kier alpha value is -1.37. The quantitative estimate of drug-likeness (QED) is 0.877. The van der Waals surface area contributed by atoms with Crippen molar-refractivity contribution < 1.29 is 8.42 Å². The van der Waals surface area contributed by atoms with Crippen LogP contribution in [0.2, 0.25) is 0 Å². The molecule has 2 heterocycles. The summed E-state index contributed by atoms with van der Waals surface area (Å²) in [5.41, 5.74) is 0. The molecule has 1 saturated heterocycles. The highest BCUT2D eigenvalue weighted by molar-refractivity contribution is 7.91. The van der Waals surface area contributed by atoms with Gasteiger partial charge < -0.3 is 10.2 Å². The van der Waals surface area contributed by atoms with Crippen molar-refractivity contribution in [2.75, 3.05) is 41.4 Å². The fourth-order valence-corrected chi connectivity index (χ4v) is 3.29. The van der Waals surface area contributed by atoms with Crippen molar-refractivity contribution in [1.82, 2.24) is 9.97 Å². The lowest BCUT2D eigenvalue weighted by molar-refractivity contribution is 0.586. The number of rotatable bonds is 5. The minimum Gasteiger partial charge on any atom is -0.370 e. The zero-order chi connectivity index (χ0) is 14.6. The van der Waals surface area contributed by atoms with Gasteiger partial charge in [0.2, 0.25) is 0 Å². The highest BCUT2D eigenvalue weighted by Gasteiger charge is 2.23. The van der Waals surface area contributed by atoms with Gasteiger partial charge in [0.15, 0.2) is 9.84 Å². The van der Waals surface area contributed by atoms with E-state index in [0.717, 1.165) is 36.8 Å². The molecule has 1 aromatic rings. The number of aryl methyl sites for hydroxylation is 1. The van der Waals surface area contributed by atoms with E-state index in [1.54, 1.807) is 0 Å². The highest BCUT2D eigenvalue weighted by atomic mass is 32.2. The number of hydrogen-bond acceptors (Lipinski definition) is 6. The van der Waals surface area contributed by atoms with E-state index in [0.29, 0.717) is 13.1 Å². The molecular formula is C13H22N4O2S. The van der Waals surface area contributed by atoms with Crippen LogP contribution >= 0.6 is 0 Å². The van der Waals surface area contributed by atoms with Gasteiger partial charge in [-0.15, -0.1) is 0 Å². The number of nitrogens with one attached hydrogen (secondary N) is 1. The number of nitrogens with zero attached hydrogens (tertiary/aromatic N) is 3. The van der Waals surface area contributed by atoms with E-state index in [4.69, 9.17) is 0 Å². The average molecular weight is 298 g/mol. The monoisotopic (exact) mass is 298 g/mol. The van der Waals surface area contributed by atoms with Crippen molar-refractivity contribution in [3.05, 3.63) is 11.9 Å². The van der Waals surface area contributed by atoms with E-state index in [9.17, 15) is 8.42 Å². The van der Waals surface area contributed by atoms with E-state index in [1.807, 2.05) is 17.9 Å². The van der Waals surface area contributed by atoms with Crippen LogP contribution in [0, 0.1) is 0 Å².